The van der Waals surface area contributed by atoms with Gasteiger partial charge in [-0.05, 0) is 43.5 Å². The van der Waals surface area contributed by atoms with E-state index >= 15 is 0 Å². The molecule has 4 heteroatoms. The first-order valence-electron chi connectivity index (χ1n) is 8.33. The molecule has 2 heterocycles. The lowest BCUT2D eigenvalue weighted by atomic mass is 10.0. The Hall–Kier alpha value is -2.88. The Labute approximate surface area is 142 Å². The molecular weight excluding hydrogens is 296 g/mol. The summed E-state index contributed by atoms with van der Waals surface area (Å²) in [6, 6.07) is 20.6. The van der Waals surface area contributed by atoms with Gasteiger partial charge in [0.25, 0.3) is 0 Å². The number of aryl methyl sites for hydroxylation is 2. The van der Waals surface area contributed by atoms with E-state index in [0.29, 0.717) is 0 Å². The zero-order valence-electron chi connectivity index (χ0n) is 13.7. The van der Waals surface area contributed by atoms with Crippen molar-refractivity contribution in [3.63, 3.8) is 0 Å². The summed E-state index contributed by atoms with van der Waals surface area (Å²) < 4.78 is 0. The minimum atomic E-state index is 0.764. The molecule has 2 aromatic carbocycles. The highest BCUT2D eigenvalue weighted by Crippen LogP contribution is 2.32. The van der Waals surface area contributed by atoms with E-state index < -0.39 is 0 Å². The molecule has 0 saturated heterocycles. The lowest BCUT2D eigenvalue weighted by molar-refractivity contribution is 0.749. The minimum Gasteiger partial charge on any atom is -0.340 e. The standard InChI is InChI=1S/C20H20N4/c1-15-14-19(22-17-10-3-2-4-11-17)23-20(21-15)24-13-7-9-16-8-5-6-12-18(16)24/h2-6,8,10-12,14H,7,9,13H2,1H3,(H,21,22,23). The Morgan fingerprint density at radius 3 is 2.62 bits per heavy atom. The molecule has 0 spiro atoms. The van der Waals surface area contributed by atoms with Gasteiger partial charge in [-0.3, -0.25) is 0 Å². The number of anilines is 4. The predicted octanol–water partition coefficient (Wildman–Crippen LogP) is 4.61. The van der Waals surface area contributed by atoms with E-state index in [1.807, 2.05) is 43.3 Å². The fraction of sp³-hybridized carbons (Fsp3) is 0.200. The van der Waals surface area contributed by atoms with E-state index in [-0.39, 0.29) is 0 Å². The van der Waals surface area contributed by atoms with E-state index in [2.05, 4.69) is 39.5 Å². The number of para-hydroxylation sites is 2. The molecule has 0 atom stereocenters. The Morgan fingerprint density at radius 1 is 0.958 bits per heavy atom. The van der Waals surface area contributed by atoms with Crippen LogP contribution in [0.3, 0.4) is 0 Å². The molecule has 0 aliphatic carbocycles. The Morgan fingerprint density at radius 2 is 1.75 bits per heavy atom. The molecule has 4 rings (SSSR count). The molecule has 24 heavy (non-hydrogen) atoms. The van der Waals surface area contributed by atoms with Crippen LogP contribution in [0.1, 0.15) is 17.7 Å². The van der Waals surface area contributed by atoms with Gasteiger partial charge in [0.1, 0.15) is 5.82 Å². The summed E-state index contributed by atoms with van der Waals surface area (Å²) in [5.74, 6) is 1.59. The topological polar surface area (TPSA) is 41.1 Å². The second kappa shape index (κ2) is 6.32. The molecule has 4 nitrogen and oxygen atoms in total. The van der Waals surface area contributed by atoms with E-state index in [1.165, 1.54) is 11.3 Å². The molecule has 0 bridgehead atoms. The van der Waals surface area contributed by atoms with Gasteiger partial charge in [0.15, 0.2) is 0 Å². The van der Waals surface area contributed by atoms with Crippen molar-refractivity contribution in [1.82, 2.24) is 9.97 Å². The van der Waals surface area contributed by atoms with Crippen molar-refractivity contribution in [2.45, 2.75) is 19.8 Å². The van der Waals surface area contributed by atoms with Crippen molar-refractivity contribution in [2.24, 2.45) is 0 Å². The first-order valence-corrected chi connectivity index (χ1v) is 8.33. The molecule has 3 aromatic rings. The third-order valence-corrected chi connectivity index (χ3v) is 4.24. The molecule has 1 N–H and O–H groups in total. The summed E-state index contributed by atoms with van der Waals surface area (Å²) >= 11 is 0. The molecular formula is C20H20N4. The summed E-state index contributed by atoms with van der Waals surface area (Å²) in [7, 11) is 0. The van der Waals surface area contributed by atoms with Gasteiger partial charge in [0.05, 0.1) is 0 Å². The second-order valence-electron chi connectivity index (χ2n) is 6.07. The van der Waals surface area contributed by atoms with Crippen LogP contribution in [0.4, 0.5) is 23.1 Å². The zero-order chi connectivity index (χ0) is 16.4. The normalized spacial score (nSPS) is 13.5. The first-order chi connectivity index (χ1) is 11.8. The first kappa shape index (κ1) is 14.7. The van der Waals surface area contributed by atoms with Gasteiger partial charge in [-0.1, -0.05) is 36.4 Å². The van der Waals surface area contributed by atoms with E-state index in [0.717, 1.165) is 42.5 Å². The number of hydrogen-bond acceptors (Lipinski definition) is 4. The third kappa shape index (κ3) is 2.95. The molecule has 1 aliphatic rings. The van der Waals surface area contributed by atoms with Gasteiger partial charge >= 0.3 is 0 Å². The molecule has 120 valence electrons. The van der Waals surface area contributed by atoms with E-state index in [4.69, 9.17) is 4.98 Å². The summed E-state index contributed by atoms with van der Waals surface area (Å²) in [5, 5.41) is 3.37. The lowest BCUT2D eigenvalue weighted by Gasteiger charge is -2.29. The summed E-state index contributed by atoms with van der Waals surface area (Å²) in [4.78, 5) is 11.7. The van der Waals surface area contributed by atoms with Crippen molar-refractivity contribution in [2.75, 3.05) is 16.8 Å². The van der Waals surface area contributed by atoms with Crippen LogP contribution in [-0.4, -0.2) is 16.5 Å². The lowest BCUT2D eigenvalue weighted by Crippen LogP contribution is -2.26. The van der Waals surface area contributed by atoms with Crippen molar-refractivity contribution in [3.05, 3.63) is 71.9 Å². The molecule has 0 fully saturated rings. The maximum absolute atomic E-state index is 4.76. The second-order valence-corrected chi connectivity index (χ2v) is 6.07. The van der Waals surface area contributed by atoms with Gasteiger partial charge in [0.2, 0.25) is 5.95 Å². The summed E-state index contributed by atoms with van der Waals surface area (Å²) in [6.07, 6.45) is 2.24. The number of fused-ring (bicyclic) bond motifs is 1. The number of hydrogen-bond donors (Lipinski definition) is 1. The summed E-state index contributed by atoms with van der Waals surface area (Å²) in [5.41, 5.74) is 4.58. The zero-order valence-corrected chi connectivity index (χ0v) is 13.7. The SMILES string of the molecule is Cc1cc(Nc2ccccc2)nc(N2CCCc3ccccc32)n1. The number of nitrogens with one attached hydrogen (secondary N) is 1. The van der Waals surface area contributed by atoms with Gasteiger partial charge < -0.3 is 10.2 Å². The smallest absolute Gasteiger partial charge is 0.232 e. The van der Waals surface area contributed by atoms with Gasteiger partial charge in [-0.15, -0.1) is 0 Å². The molecule has 0 saturated carbocycles. The van der Waals surface area contributed by atoms with Crippen LogP contribution in [0.15, 0.2) is 60.7 Å². The van der Waals surface area contributed by atoms with Crippen molar-refractivity contribution in [1.29, 1.82) is 0 Å². The van der Waals surface area contributed by atoms with Crippen LogP contribution in [0.5, 0.6) is 0 Å². The minimum absolute atomic E-state index is 0.764. The third-order valence-electron chi connectivity index (χ3n) is 4.24. The monoisotopic (exact) mass is 316 g/mol. The van der Waals surface area contributed by atoms with Crippen molar-refractivity contribution in [3.8, 4) is 0 Å². The number of benzene rings is 2. The predicted molar refractivity (Wildman–Crippen MR) is 98.3 cm³/mol. The molecule has 0 radical (unpaired) electrons. The van der Waals surface area contributed by atoms with E-state index in [1.54, 1.807) is 0 Å². The number of rotatable bonds is 3. The van der Waals surface area contributed by atoms with Gasteiger partial charge in [-0.25, -0.2) is 4.98 Å². The van der Waals surface area contributed by atoms with Gasteiger partial charge in [0, 0.05) is 29.7 Å². The maximum atomic E-state index is 4.76. The van der Waals surface area contributed by atoms with Gasteiger partial charge in [-0.2, -0.15) is 4.98 Å². The van der Waals surface area contributed by atoms with Crippen LogP contribution in [0, 0.1) is 6.92 Å². The highest BCUT2D eigenvalue weighted by molar-refractivity contribution is 5.65. The average molecular weight is 316 g/mol. The van der Waals surface area contributed by atoms with E-state index in [9.17, 15) is 0 Å². The van der Waals surface area contributed by atoms with Crippen LogP contribution in [0.2, 0.25) is 0 Å². The van der Waals surface area contributed by atoms with Crippen LogP contribution in [-0.2, 0) is 6.42 Å². The van der Waals surface area contributed by atoms with Crippen LogP contribution < -0.4 is 10.2 Å². The number of aromatic nitrogens is 2. The molecule has 1 aromatic heterocycles. The van der Waals surface area contributed by atoms with Crippen LogP contribution in [0.25, 0.3) is 0 Å². The molecule has 1 aliphatic heterocycles. The fourth-order valence-corrected chi connectivity index (χ4v) is 3.15. The summed E-state index contributed by atoms with van der Waals surface area (Å²) in [6.45, 7) is 2.96. The van der Waals surface area contributed by atoms with Crippen molar-refractivity contribution < 1.29 is 0 Å². The Bertz CT molecular complexity index is 845. The average Bonchev–Trinajstić information content (AvgIpc) is 2.61. The quantitative estimate of drug-likeness (QED) is 0.766. The Kier molecular flexibility index (Phi) is 3.87. The molecule has 0 unspecified atom stereocenters. The maximum Gasteiger partial charge on any atom is 0.232 e. The number of nitrogens with zero attached hydrogens (tertiary/aromatic N) is 3. The highest BCUT2D eigenvalue weighted by atomic mass is 15.3. The van der Waals surface area contributed by atoms with Crippen LogP contribution >= 0.6 is 0 Å². The molecule has 0 amide bonds. The fourth-order valence-electron chi connectivity index (χ4n) is 3.15. The Balaban J connectivity index is 1.69. The highest BCUT2D eigenvalue weighted by Gasteiger charge is 2.20. The largest absolute Gasteiger partial charge is 0.340 e. The van der Waals surface area contributed by atoms with Crippen molar-refractivity contribution >= 4 is 23.1 Å².